The van der Waals surface area contributed by atoms with E-state index in [9.17, 15) is 22.0 Å². The molecule has 0 saturated heterocycles. The first-order valence-corrected chi connectivity index (χ1v) is 11.5. The van der Waals surface area contributed by atoms with Crippen LogP contribution in [-0.4, -0.2) is 28.0 Å². The maximum absolute atomic E-state index is 13.8. The number of amides is 1. The number of nitrogens with one attached hydrogen (secondary N) is 1. The van der Waals surface area contributed by atoms with E-state index in [2.05, 4.69) is 5.32 Å². The van der Waals surface area contributed by atoms with Gasteiger partial charge in [-0.3, -0.25) is 9.10 Å². The molecular weight excluding hydrogens is 446 g/mol. The van der Waals surface area contributed by atoms with Crippen molar-refractivity contribution >= 4 is 33.0 Å². The van der Waals surface area contributed by atoms with Gasteiger partial charge in [0.05, 0.1) is 11.7 Å². The summed E-state index contributed by atoms with van der Waals surface area (Å²) >= 11 is 1.13. The number of hydrogen-bond acceptors (Lipinski definition) is 5. The molecule has 0 aliphatic heterocycles. The van der Waals surface area contributed by atoms with Gasteiger partial charge in [-0.1, -0.05) is 12.1 Å². The molecule has 10 heteroatoms. The monoisotopic (exact) mass is 466 g/mol. The highest BCUT2D eigenvalue weighted by Gasteiger charge is 2.22. The van der Waals surface area contributed by atoms with E-state index in [1.165, 1.54) is 19.2 Å². The lowest BCUT2D eigenvalue weighted by atomic mass is 10.1. The minimum atomic E-state index is -3.64. The van der Waals surface area contributed by atoms with Crippen LogP contribution in [0, 0.1) is 11.6 Å². The highest BCUT2D eigenvalue weighted by Crippen LogP contribution is 2.26. The van der Waals surface area contributed by atoms with E-state index in [1.807, 2.05) is 0 Å². The molecule has 164 valence electrons. The maximum Gasteiger partial charge on any atom is 0.273 e. The molecule has 1 N–H and O–H groups in total. The van der Waals surface area contributed by atoms with Crippen LogP contribution >= 0.6 is 11.3 Å². The molecule has 31 heavy (non-hydrogen) atoms. The van der Waals surface area contributed by atoms with Gasteiger partial charge >= 0.3 is 0 Å². The molecule has 0 aliphatic carbocycles. The quantitative estimate of drug-likeness (QED) is 0.542. The first-order chi connectivity index (χ1) is 14.7. The van der Waals surface area contributed by atoms with Crippen LogP contribution in [0.1, 0.15) is 18.5 Å². The van der Waals surface area contributed by atoms with Crippen LogP contribution in [0.5, 0.6) is 5.75 Å². The number of thiophene rings is 1. The average Bonchev–Trinajstić information content (AvgIpc) is 3.28. The van der Waals surface area contributed by atoms with Crippen molar-refractivity contribution in [2.45, 2.75) is 17.2 Å². The summed E-state index contributed by atoms with van der Waals surface area (Å²) in [6, 6.07) is 11.9. The van der Waals surface area contributed by atoms with Crippen molar-refractivity contribution in [2.24, 2.45) is 0 Å². The molecule has 0 aliphatic rings. The normalized spacial score (nSPS) is 12.3. The summed E-state index contributed by atoms with van der Waals surface area (Å²) in [5.41, 5.74) is 0.597. The number of rotatable bonds is 8. The molecule has 1 aromatic heterocycles. The fourth-order valence-corrected chi connectivity index (χ4v) is 5.16. The summed E-state index contributed by atoms with van der Waals surface area (Å²) in [5.74, 6) is -1.56. The Morgan fingerprint density at radius 3 is 2.48 bits per heavy atom. The lowest BCUT2D eigenvalue weighted by molar-refractivity contribution is -0.123. The molecule has 1 heterocycles. The number of carbonyl (C=O) groups excluding carboxylic acids is 1. The topological polar surface area (TPSA) is 75.7 Å². The van der Waals surface area contributed by atoms with E-state index < -0.39 is 33.6 Å². The highest BCUT2D eigenvalue weighted by atomic mass is 32.2. The molecule has 2 aromatic carbocycles. The van der Waals surface area contributed by atoms with E-state index in [4.69, 9.17) is 4.74 Å². The number of hydrogen-bond donors (Lipinski definition) is 1. The second-order valence-electron chi connectivity index (χ2n) is 6.64. The Kier molecular flexibility index (Phi) is 6.91. The Hall–Kier alpha value is -2.98. The van der Waals surface area contributed by atoms with E-state index in [1.54, 1.807) is 42.6 Å². The van der Waals surface area contributed by atoms with Crippen LogP contribution in [0.2, 0.25) is 0 Å². The Balaban J connectivity index is 1.57. The molecule has 6 nitrogen and oxygen atoms in total. The first kappa shape index (κ1) is 22.7. The summed E-state index contributed by atoms with van der Waals surface area (Å²) in [7, 11) is -2.19. The van der Waals surface area contributed by atoms with Crippen molar-refractivity contribution in [3.63, 3.8) is 0 Å². The predicted octanol–water partition coefficient (Wildman–Crippen LogP) is 4.11. The Morgan fingerprint density at radius 2 is 1.87 bits per heavy atom. The molecule has 0 spiro atoms. The fraction of sp³-hybridized carbons (Fsp3) is 0.190. The molecule has 0 bridgehead atoms. The Morgan fingerprint density at radius 1 is 1.16 bits per heavy atom. The lowest BCUT2D eigenvalue weighted by Crippen LogP contribution is -2.31. The zero-order valence-corrected chi connectivity index (χ0v) is 18.3. The minimum absolute atomic E-state index is 0.161. The standard InChI is InChI=1S/C21H20F2N2O4S2/c1-14(18-10-5-15(22)12-19(18)23)24-20(26)13-29-17-8-6-16(7-9-17)25(2)31(27,28)21-4-3-11-30-21/h3-12,14H,13H2,1-2H3,(H,24,26). The van der Waals surface area contributed by atoms with E-state index >= 15 is 0 Å². The van der Waals surface area contributed by atoms with Crippen molar-refractivity contribution < 1.29 is 26.7 Å². The molecule has 1 atom stereocenters. The third-order valence-corrected chi connectivity index (χ3v) is 7.65. The van der Waals surface area contributed by atoms with Gasteiger partial charge in [0.1, 0.15) is 21.6 Å². The van der Waals surface area contributed by atoms with Crippen molar-refractivity contribution in [1.82, 2.24) is 5.32 Å². The third-order valence-electron chi connectivity index (χ3n) is 4.49. The van der Waals surface area contributed by atoms with E-state index in [0.29, 0.717) is 11.4 Å². The molecule has 3 rings (SSSR count). The van der Waals surface area contributed by atoms with Crippen molar-refractivity contribution in [3.8, 4) is 5.75 Å². The lowest BCUT2D eigenvalue weighted by Gasteiger charge is -2.19. The number of ether oxygens (including phenoxy) is 1. The second-order valence-corrected chi connectivity index (χ2v) is 9.79. The molecule has 0 fully saturated rings. The van der Waals surface area contributed by atoms with Crippen LogP contribution in [0.15, 0.2) is 64.2 Å². The van der Waals surface area contributed by atoms with Crippen molar-refractivity contribution in [2.75, 3.05) is 18.0 Å². The van der Waals surface area contributed by atoms with Gasteiger partial charge in [0, 0.05) is 18.7 Å². The first-order valence-electron chi connectivity index (χ1n) is 9.18. The maximum atomic E-state index is 13.8. The number of sulfonamides is 1. The van der Waals surface area contributed by atoms with Gasteiger partial charge < -0.3 is 10.1 Å². The zero-order valence-electron chi connectivity index (χ0n) is 16.7. The molecule has 3 aromatic rings. The number of nitrogens with zero attached hydrogens (tertiary/aromatic N) is 1. The molecule has 1 unspecified atom stereocenters. The van der Waals surface area contributed by atoms with Gasteiger partial charge in [-0.2, -0.15) is 0 Å². The van der Waals surface area contributed by atoms with Gasteiger partial charge in [0.15, 0.2) is 6.61 Å². The van der Waals surface area contributed by atoms with Crippen LogP contribution in [0.25, 0.3) is 0 Å². The Bertz CT molecular complexity index is 1150. The third kappa shape index (κ3) is 5.39. The average molecular weight is 467 g/mol. The van der Waals surface area contributed by atoms with Crippen molar-refractivity contribution in [3.05, 3.63) is 77.2 Å². The van der Waals surface area contributed by atoms with E-state index in [0.717, 1.165) is 27.8 Å². The number of halogens is 2. The number of benzene rings is 2. The number of anilines is 1. The highest BCUT2D eigenvalue weighted by molar-refractivity contribution is 7.94. The van der Waals surface area contributed by atoms with Crippen LogP contribution in [-0.2, 0) is 14.8 Å². The van der Waals surface area contributed by atoms with Gasteiger partial charge in [-0.25, -0.2) is 17.2 Å². The van der Waals surface area contributed by atoms with Crippen molar-refractivity contribution in [1.29, 1.82) is 0 Å². The van der Waals surface area contributed by atoms with Gasteiger partial charge in [0.2, 0.25) is 0 Å². The second kappa shape index (κ2) is 9.44. The molecule has 0 saturated carbocycles. The number of carbonyl (C=O) groups is 1. The van der Waals surface area contributed by atoms with Gasteiger partial charge in [-0.15, -0.1) is 11.3 Å². The van der Waals surface area contributed by atoms with Crippen LogP contribution in [0.4, 0.5) is 14.5 Å². The summed E-state index contributed by atoms with van der Waals surface area (Å²) in [5, 5.41) is 4.27. The summed E-state index contributed by atoms with van der Waals surface area (Å²) in [6.07, 6.45) is 0. The molecule has 0 radical (unpaired) electrons. The SMILES string of the molecule is CC(NC(=O)COc1ccc(N(C)S(=O)(=O)c2cccs2)cc1)c1ccc(F)cc1F. The van der Waals surface area contributed by atoms with Crippen LogP contribution in [0.3, 0.4) is 0 Å². The molecule has 1 amide bonds. The van der Waals surface area contributed by atoms with E-state index in [-0.39, 0.29) is 16.4 Å². The van der Waals surface area contributed by atoms with Gasteiger partial charge in [-0.05, 0) is 48.7 Å². The summed E-state index contributed by atoms with van der Waals surface area (Å²) < 4.78 is 58.8. The fourth-order valence-electron chi connectivity index (χ4n) is 2.80. The summed E-state index contributed by atoms with van der Waals surface area (Å²) in [4.78, 5) is 12.1. The van der Waals surface area contributed by atoms with Crippen LogP contribution < -0.4 is 14.4 Å². The molecular formula is C21H20F2N2O4S2. The minimum Gasteiger partial charge on any atom is -0.484 e. The smallest absolute Gasteiger partial charge is 0.273 e. The predicted molar refractivity (Wildman–Crippen MR) is 115 cm³/mol. The van der Waals surface area contributed by atoms with Gasteiger partial charge in [0.25, 0.3) is 15.9 Å². The largest absolute Gasteiger partial charge is 0.484 e. The Labute approximate surface area is 183 Å². The summed E-state index contributed by atoms with van der Waals surface area (Å²) in [6.45, 7) is 1.25. The zero-order chi connectivity index (χ0) is 22.6.